The molecule has 0 saturated carbocycles. The number of nitrogens with one attached hydrogen (secondary N) is 2. The van der Waals surface area contributed by atoms with Crippen LogP contribution in [0.4, 0.5) is 4.79 Å². The Bertz CT molecular complexity index is 791. The fourth-order valence-corrected chi connectivity index (χ4v) is 2.60. The maximum Gasteiger partial charge on any atom is 0.335 e. The fraction of sp³-hybridized carbons (Fsp3) is 0.286. The lowest BCUT2D eigenvalue weighted by Crippen LogP contribution is -2.39. The number of hydrogen-bond acceptors (Lipinski definition) is 3. The number of rotatable bonds is 9. The van der Waals surface area contributed by atoms with E-state index in [4.69, 9.17) is 5.11 Å². The van der Waals surface area contributed by atoms with Gasteiger partial charge in [-0.2, -0.15) is 0 Å². The van der Waals surface area contributed by atoms with Crippen molar-refractivity contribution in [2.24, 2.45) is 0 Å². The van der Waals surface area contributed by atoms with Crippen LogP contribution in [-0.4, -0.2) is 48.1 Å². The van der Waals surface area contributed by atoms with Crippen LogP contribution in [0.2, 0.25) is 0 Å². The van der Waals surface area contributed by atoms with E-state index in [0.29, 0.717) is 19.5 Å². The van der Waals surface area contributed by atoms with Crippen molar-refractivity contribution >= 4 is 17.9 Å². The topological polar surface area (TPSA) is 98.7 Å². The van der Waals surface area contributed by atoms with Crippen LogP contribution < -0.4 is 10.6 Å². The van der Waals surface area contributed by atoms with Gasteiger partial charge in [-0.05, 0) is 29.7 Å². The minimum atomic E-state index is -0.962. The van der Waals surface area contributed by atoms with Crippen molar-refractivity contribution in [1.29, 1.82) is 0 Å². The van der Waals surface area contributed by atoms with E-state index in [2.05, 4.69) is 10.6 Å². The molecule has 0 aliphatic heterocycles. The Morgan fingerprint density at radius 2 is 1.57 bits per heavy atom. The number of carboxylic acids is 1. The van der Waals surface area contributed by atoms with E-state index in [1.54, 1.807) is 36.2 Å². The molecule has 2 aromatic carbocycles. The van der Waals surface area contributed by atoms with Crippen molar-refractivity contribution in [3.8, 4) is 0 Å². The summed E-state index contributed by atoms with van der Waals surface area (Å²) in [5, 5.41) is 14.4. The van der Waals surface area contributed by atoms with Gasteiger partial charge in [-0.3, -0.25) is 4.79 Å². The molecule has 0 fully saturated rings. The molecule has 0 aliphatic carbocycles. The fourth-order valence-electron chi connectivity index (χ4n) is 2.60. The lowest BCUT2D eigenvalue weighted by atomic mass is 10.1. The van der Waals surface area contributed by atoms with Gasteiger partial charge in [0.05, 0.1) is 5.56 Å². The molecule has 7 heteroatoms. The molecule has 3 N–H and O–H groups in total. The third kappa shape index (κ3) is 7.11. The predicted octanol–water partition coefficient (Wildman–Crippen LogP) is 2.28. The number of nitrogens with zero attached hydrogens (tertiary/aromatic N) is 1. The van der Waals surface area contributed by atoms with Gasteiger partial charge in [-0.15, -0.1) is 0 Å². The number of carbonyl (C=O) groups is 3. The summed E-state index contributed by atoms with van der Waals surface area (Å²) in [6.07, 6.45) is 0.806. The average Bonchev–Trinajstić information content (AvgIpc) is 2.69. The van der Waals surface area contributed by atoms with Crippen molar-refractivity contribution in [1.82, 2.24) is 15.5 Å². The number of benzene rings is 2. The smallest absolute Gasteiger partial charge is 0.335 e. The lowest BCUT2D eigenvalue weighted by molar-refractivity contribution is -0.120. The molecule has 0 atom stereocenters. The number of hydrogen-bond donors (Lipinski definition) is 3. The van der Waals surface area contributed by atoms with E-state index < -0.39 is 5.97 Å². The van der Waals surface area contributed by atoms with E-state index in [1.165, 1.54) is 0 Å². The second-order valence-corrected chi connectivity index (χ2v) is 6.43. The van der Waals surface area contributed by atoms with Crippen molar-refractivity contribution < 1.29 is 19.5 Å². The second-order valence-electron chi connectivity index (χ2n) is 6.43. The van der Waals surface area contributed by atoms with Gasteiger partial charge in [-0.25, -0.2) is 9.59 Å². The van der Waals surface area contributed by atoms with E-state index in [0.717, 1.165) is 11.1 Å². The summed E-state index contributed by atoms with van der Waals surface area (Å²) >= 11 is 0. The normalized spacial score (nSPS) is 10.2. The Hall–Kier alpha value is -3.35. The quantitative estimate of drug-likeness (QED) is 0.619. The summed E-state index contributed by atoms with van der Waals surface area (Å²) in [7, 11) is 1.71. The first-order chi connectivity index (χ1) is 13.5. The number of carbonyl (C=O) groups excluding carboxylic acids is 2. The lowest BCUT2D eigenvalue weighted by Gasteiger charge is -2.18. The van der Waals surface area contributed by atoms with Crippen LogP contribution in [0.15, 0.2) is 54.6 Å². The molecule has 0 spiro atoms. The maximum absolute atomic E-state index is 12.0. The molecule has 0 saturated heterocycles. The molecule has 2 aromatic rings. The molecular weight excluding hydrogens is 358 g/mol. The zero-order valence-electron chi connectivity index (χ0n) is 15.9. The highest BCUT2D eigenvalue weighted by Gasteiger charge is 2.09. The summed E-state index contributed by atoms with van der Waals surface area (Å²) in [6.45, 7) is 1.21. The summed E-state index contributed by atoms with van der Waals surface area (Å²) in [4.78, 5) is 36.3. The number of aromatic carboxylic acids is 1. The van der Waals surface area contributed by atoms with Crippen LogP contribution >= 0.6 is 0 Å². The van der Waals surface area contributed by atoms with Gasteiger partial charge in [0.25, 0.3) is 0 Å². The first kappa shape index (κ1) is 21.0. The van der Waals surface area contributed by atoms with Crippen LogP contribution in [0.3, 0.4) is 0 Å². The van der Waals surface area contributed by atoms with Crippen molar-refractivity contribution in [2.45, 2.75) is 19.4 Å². The predicted molar refractivity (Wildman–Crippen MR) is 106 cm³/mol. The minimum Gasteiger partial charge on any atom is -0.478 e. The van der Waals surface area contributed by atoms with Gasteiger partial charge in [-0.1, -0.05) is 42.5 Å². The highest BCUT2D eigenvalue weighted by Crippen LogP contribution is 2.05. The first-order valence-electron chi connectivity index (χ1n) is 9.07. The van der Waals surface area contributed by atoms with Crippen molar-refractivity contribution in [2.75, 3.05) is 20.1 Å². The molecular formula is C21H25N3O4. The van der Waals surface area contributed by atoms with Gasteiger partial charge >= 0.3 is 12.0 Å². The van der Waals surface area contributed by atoms with Crippen LogP contribution in [0.5, 0.6) is 0 Å². The van der Waals surface area contributed by atoms with E-state index in [9.17, 15) is 14.4 Å². The molecule has 0 aromatic heterocycles. The van der Waals surface area contributed by atoms with Gasteiger partial charge in [0.1, 0.15) is 0 Å². The summed E-state index contributed by atoms with van der Waals surface area (Å²) in [5.74, 6) is -1.11. The highest BCUT2D eigenvalue weighted by molar-refractivity contribution is 5.87. The largest absolute Gasteiger partial charge is 0.478 e. The van der Waals surface area contributed by atoms with Gasteiger partial charge in [0, 0.05) is 33.1 Å². The number of amides is 3. The van der Waals surface area contributed by atoms with E-state index in [-0.39, 0.29) is 30.5 Å². The molecule has 0 unspecified atom stereocenters. The van der Waals surface area contributed by atoms with E-state index >= 15 is 0 Å². The third-order valence-corrected chi connectivity index (χ3v) is 4.17. The molecule has 3 amide bonds. The Morgan fingerprint density at radius 3 is 2.21 bits per heavy atom. The number of urea groups is 1. The van der Waals surface area contributed by atoms with E-state index in [1.807, 2.05) is 30.3 Å². The van der Waals surface area contributed by atoms with Crippen molar-refractivity contribution in [3.05, 3.63) is 71.3 Å². The molecule has 0 heterocycles. The Morgan fingerprint density at radius 1 is 0.893 bits per heavy atom. The third-order valence-electron chi connectivity index (χ3n) is 4.17. The van der Waals surface area contributed by atoms with Gasteiger partial charge in [0.2, 0.25) is 5.91 Å². The van der Waals surface area contributed by atoms with Crippen LogP contribution in [0.25, 0.3) is 0 Å². The first-order valence-corrected chi connectivity index (χ1v) is 9.07. The monoisotopic (exact) mass is 383 g/mol. The van der Waals surface area contributed by atoms with Crippen molar-refractivity contribution in [3.63, 3.8) is 0 Å². The number of carboxylic acid groups (broad SMARTS) is 1. The van der Waals surface area contributed by atoms with Gasteiger partial charge in [0.15, 0.2) is 0 Å². The zero-order chi connectivity index (χ0) is 20.4. The maximum atomic E-state index is 12.0. The average molecular weight is 383 g/mol. The van der Waals surface area contributed by atoms with Gasteiger partial charge < -0.3 is 20.6 Å². The molecule has 148 valence electrons. The molecule has 0 aliphatic rings. The highest BCUT2D eigenvalue weighted by atomic mass is 16.4. The zero-order valence-corrected chi connectivity index (χ0v) is 15.9. The standard InChI is InChI=1S/C21H25N3O4/c1-24(15-17-5-3-2-4-6-17)21(28)23-14-12-19(25)22-13-11-16-7-9-18(10-8-16)20(26)27/h2-10H,11-15H2,1H3,(H,22,25)(H,23,28)(H,26,27). The summed E-state index contributed by atoms with van der Waals surface area (Å²) < 4.78 is 0. The molecule has 28 heavy (non-hydrogen) atoms. The van der Waals surface area contributed by atoms with Crippen LogP contribution in [-0.2, 0) is 17.8 Å². The Kier molecular flexibility index (Phi) is 8.02. The minimum absolute atomic E-state index is 0.145. The second kappa shape index (κ2) is 10.7. The Labute approximate surface area is 164 Å². The van der Waals surface area contributed by atoms with Crippen LogP contribution in [0, 0.1) is 0 Å². The molecule has 0 bridgehead atoms. The Balaban J connectivity index is 1.61. The SMILES string of the molecule is CN(Cc1ccccc1)C(=O)NCCC(=O)NCCc1ccc(C(=O)O)cc1. The summed E-state index contributed by atoms with van der Waals surface area (Å²) in [5.41, 5.74) is 2.22. The molecule has 7 nitrogen and oxygen atoms in total. The molecule has 0 radical (unpaired) electrons. The summed E-state index contributed by atoms with van der Waals surface area (Å²) in [6, 6.07) is 16.0. The van der Waals surface area contributed by atoms with Crippen LogP contribution in [0.1, 0.15) is 27.9 Å². The molecule has 2 rings (SSSR count).